The Hall–Kier alpha value is -3.48. The lowest BCUT2D eigenvalue weighted by molar-refractivity contribution is -0.115. The van der Waals surface area contributed by atoms with Crippen LogP contribution in [0.5, 0.6) is 0 Å². The molecule has 2 N–H and O–H groups in total. The monoisotopic (exact) mass is 366 g/mol. The van der Waals surface area contributed by atoms with Crippen LogP contribution in [0.4, 0.5) is 10.2 Å². The van der Waals surface area contributed by atoms with Crippen molar-refractivity contribution in [1.29, 1.82) is 0 Å². The molecule has 3 aromatic rings. The standard InChI is InChI=1S/C20H19FN4O2/c1-2-19(26)23-18-12-17(24-25(18)16-9-4-3-5-10-16)20(27)22-13-14-7-6-8-15(21)11-14/h3-12H,2,13H2,1H3,(H,22,27)(H,23,26). The van der Waals surface area contributed by atoms with Crippen molar-refractivity contribution >= 4 is 17.6 Å². The molecule has 1 aromatic heterocycles. The zero-order valence-corrected chi connectivity index (χ0v) is 14.8. The summed E-state index contributed by atoms with van der Waals surface area (Å²) >= 11 is 0. The van der Waals surface area contributed by atoms with E-state index in [0.717, 1.165) is 0 Å². The molecule has 1 heterocycles. The number of benzene rings is 2. The molecule has 27 heavy (non-hydrogen) atoms. The third kappa shape index (κ3) is 4.58. The van der Waals surface area contributed by atoms with Crippen LogP contribution in [-0.2, 0) is 11.3 Å². The summed E-state index contributed by atoms with van der Waals surface area (Å²) in [5.41, 5.74) is 1.51. The second kappa shape index (κ2) is 8.27. The van der Waals surface area contributed by atoms with E-state index in [2.05, 4.69) is 15.7 Å². The average Bonchev–Trinajstić information content (AvgIpc) is 3.10. The van der Waals surface area contributed by atoms with Crippen LogP contribution in [0.25, 0.3) is 5.69 Å². The summed E-state index contributed by atoms with van der Waals surface area (Å²) in [5, 5.41) is 9.77. The number of rotatable bonds is 6. The molecular formula is C20H19FN4O2. The molecule has 0 bridgehead atoms. The summed E-state index contributed by atoms with van der Waals surface area (Å²) in [6.45, 7) is 1.91. The van der Waals surface area contributed by atoms with Gasteiger partial charge in [-0.15, -0.1) is 0 Å². The van der Waals surface area contributed by atoms with Crippen LogP contribution < -0.4 is 10.6 Å². The molecule has 2 aromatic carbocycles. The predicted octanol–water partition coefficient (Wildman–Crippen LogP) is 3.29. The Labute approximate surface area is 156 Å². The second-order valence-corrected chi connectivity index (χ2v) is 5.88. The van der Waals surface area contributed by atoms with E-state index in [1.54, 1.807) is 19.1 Å². The largest absolute Gasteiger partial charge is 0.347 e. The van der Waals surface area contributed by atoms with Gasteiger partial charge >= 0.3 is 0 Å². The fourth-order valence-electron chi connectivity index (χ4n) is 2.50. The van der Waals surface area contributed by atoms with Crippen LogP contribution in [0.3, 0.4) is 0 Å². The molecule has 0 spiro atoms. The number of carbonyl (C=O) groups excluding carboxylic acids is 2. The Kier molecular flexibility index (Phi) is 5.61. The van der Waals surface area contributed by atoms with Gasteiger partial charge in [-0.2, -0.15) is 5.10 Å². The number of amides is 2. The van der Waals surface area contributed by atoms with E-state index < -0.39 is 5.91 Å². The highest BCUT2D eigenvalue weighted by atomic mass is 19.1. The lowest BCUT2D eigenvalue weighted by Crippen LogP contribution is -2.23. The van der Waals surface area contributed by atoms with Gasteiger partial charge in [0.05, 0.1) is 5.69 Å². The molecule has 138 valence electrons. The van der Waals surface area contributed by atoms with Crippen LogP contribution in [-0.4, -0.2) is 21.6 Å². The number of hydrogen-bond donors (Lipinski definition) is 2. The first-order valence-corrected chi connectivity index (χ1v) is 8.55. The average molecular weight is 366 g/mol. The van der Waals surface area contributed by atoms with Gasteiger partial charge < -0.3 is 10.6 Å². The number of para-hydroxylation sites is 1. The molecule has 0 saturated heterocycles. The first kappa shape index (κ1) is 18.3. The molecule has 0 aliphatic carbocycles. The SMILES string of the molecule is CCC(=O)Nc1cc(C(=O)NCc2cccc(F)c2)nn1-c1ccccc1. The highest BCUT2D eigenvalue weighted by molar-refractivity contribution is 5.95. The molecule has 0 atom stereocenters. The van der Waals surface area contributed by atoms with Gasteiger partial charge in [0, 0.05) is 19.0 Å². The Morgan fingerprint density at radius 2 is 1.85 bits per heavy atom. The number of nitrogens with zero attached hydrogens (tertiary/aromatic N) is 2. The third-order valence-electron chi connectivity index (χ3n) is 3.87. The summed E-state index contributed by atoms with van der Waals surface area (Å²) in [7, 11) is 0. The zero-order valence-electron chi connectivity index (χ0n) is 14.8. The molecule has 0 saturated carbocycles. The molecule has 0 unspecified atom stereocenters. The minimum absolute atomic E-state index is 0.154. The van der Waals surface area contributed by atoms with Crippen LogP contribution in [0.1, 0.15) is 29.4 Å². The highest BCUT2D eigenvalue weighted by Gasteiger charge is 2.16. The first-order valence-electron chi connectivity index (χ1n) is 8.55. The molecule has 7 heteroatoms. The minimum Gasteiger partial charge on any atom is -0.347 e. The van der Waals surface area contributed by atoms with Gasteiger partial charge in [-0.05, 0) is 29.8 Å². The molecule has 0 radical (unpaired) electrons. The van der Waals surface area contributed by atoms with E-state index >= 15 is 0 Å². The van der Waals surface area contributed by atoms with Crippen molar-refractivity contribution in [1.82, 2.24) is 15.1 Å². The highest BCUT2D eigenvalue weighted by Crippen LogP contribution is 2.18. The van der Waals surface area contributed by atoms with Gasteiger partial charge in [0.25, 0.3) is 5.91 Å². The quantitative estimate of drug-likeness (QED) is 0.703. The Balaban J connectivity index is 1.82. The molecular weight excluding hydrogens is 347 g/mol. The summed E-state index contributed by atoms with van der Waals surface area (Å²) < 4.78 is 14.7. The van der Waals surface area contributed by atoms with Crippen molar-refractivity contribution in [3.63, 3.8) is 0 Å². The second-order valence-electron chi connectivity index (χ2n) is 5.88. The van der Waals surface area contributed by atoms with Gasteiger partial charge in [0.1, 0.15) is 11.6 Å². The third-order valence-corrected chi connectivity index (χ3v) is 3.87. The van der Waals surface area contributed by atoms with Gasteiger partial charge in [0.2, 0.25) is 5.91 Å². The normalized spacial score (nSPS) is 10.4. The Bertz CT molecular complexity index is 954. The van der Waals surface area contributed by atoms with E-state index in [9.17, 15) is 14.0 Å². The van der Waals surface area contributed by atoms with Crippen LogP contribution in [0.15, 0.2) is 60.7 Å². The van der Waals surface area contributed by atoms with Crippen LogP contribution in [0, 0.1) is 5.82 Å². The number of halogens is 1. The minimum atomic E-state index is -0.416. The van der Waals surface area contributed by atoms with E-state index in [0.29, 0.717) is 23.5 Å². The van der Waals surface area contributed by atoms with Crippen molar-refractivity contribution in [2.75, 3.05) is 5.32 Å². The summed E-state index contributed by atoms with van der Waals surface area (Å²) in [6, 6.07) is 16.7. The van der Waals surface area contributed by atoms with Gasteiger partial charge in [-0.25, -0.2) is 9.07 Å². The van der Waals surface area contributed by atoms with E-state index in [-0.39, 0.29) is 24.0 Å². The number of nitrogens with one attached hydrogen (secondary N) is 2. The van der Waals surface area contributed by atoms with Crippen LogP contribution >= 0.6 is 0 Å². The first-order chi connectivity index (χ1) is 13.1. The van der Waals surface area contributed by atoms with Crippen molar-refractivity contribution in [2.24, 2.45) is 0 Å². The number of aromatic nitrogens is 2. The lowest BCUT2D eigenvalue weighted by Gasteiger charge is -2.07. The van der Waals surface area contributed by atoms with Crippen molar-refractivity contribution in [3.05, 3.63) is 77.7 Å². The Morgan fingerprint density at radius 1 is 1.07 bits per heavy atom. The van der Waals surface area contributed by atoms with Crippen LogP contribution in [0.2, 0.25) is 0 Å². The maximum Gasteiger partial charge on any atom is 0.272 e. The number of anilines is 1. The lowest BCUT2D eigenvalue weighted by atomic mass is 10.2. The molecule has 6 nitrogen and oxygen atoms in total. The van der Waals surface area contributed by atoms with Crippen molar-refractivity contribution < 1.29 is 14.0 Å². The summed E-state index contributed by atoms with van der Waals surface area (Å²) in [4.78, 5) is 24.3. The topological polar surface area (TPSA) is 76.0 Å². The summed E-state index contributed by atoms with van der Waals surface area (Å²) in [6.07, 6.45) is 0.307. The van der Waals surface area contributed by atoms with Gasteiger partial charge in [-0.3, -0.25) is 9.59 Å². The van der Waals surface area contributed by atoms with Crippen molar-refractivity contribution in [3.8, 4) is 5.69 Å². The fourth-order valence-corrected chi connectivity index (χ4v) is 2.50. The van der Waals surface area contributed by atoms with E-state index in [1.807, 2.05) is 30.3 Å². The fraction of sp³-hybridized carbons (Fsp3) is 0.150. The smallest absolute Gasteiger partial charge is 0.272 e. The maximum absolute atomic E-state index is 13.2. The van der Waals surface area contributed by atoms with Gasteiger partial charge in [-0.1, -0.05) is 37.3 Å². The molecule has 3 rings (SSSR count). The van der Waals surface area contributed by atoms with Gasteiger partial charge in [0.15, 0.2) is 5.69 Å². The van der Waals surface area contributed by atoms with E-state index in [4.69, 9.17) is 0 Å². The summed E-state index contributed by atoms with van der Waals surface area (Å²) in [5.74, 6) is -0.552. The molecule has 0 aliphatic heterocycles. The number of hydrogen-bond acceptors (Lipinski definition) is 3. The molecule has 0 aliphatic rings. The number of carbonyl (C=O) groups is 2. The zero-order chi connectivity index (χ0) is 19.2. The Morgan fingerprint density at radius 3 is 2.56 bits per heavy atom. The van der Waals surface area contributed by atoms with Crippen molar-refractivity contribution in [2.45, 2.75) is 19.9 Å². The molecule has 2 amide bonds. The predicted molar refractivity (Wildman–Crippen MR) is 100 cm³/mol. The molecule has 0 fully saturated rings. The maximum atomic E-state index is 13.2. The van der Waals surface area contributed by atoms with E-state index in [1.165, 1.54) is 22.9 Å².